The molecule has 0 unspecified atom stereocenters. The van der Waals surface area contributed by atoms with Crippen LogP contribution in [0.2, 0.25) is 0 Å². The average molecular weight is 232 g/mol. The highest BCUT2D eigenvalue weighted by Gasteiger charge is 2.19. The second kappa shape index (κ2) is 3.93. The van der Waals surface area contributed by atoms with Crippen molar-refractivity contribution < 1.29 is 9.53 Å². The number of para-hydroxylation sites is 1. The van der Waals surface area contributed by atoms with Crippen LogP contribution in [0.5, 0.6) is 5.75 Å². The number of carbonyl (C=O) groups excluding carboxylic acids is 1. The molecule has 0 aliphatic rings. The van der Waals surface area contributed by atoms with Gasteiger partial charge in [-0.05, 0) is 12.1 Å². The van der Waals surface area contributed by atoms with Gasteiger partial charge >= 0.3 is 0 Å². The quantitative estimate of drug-likeness (QED) is 0.825. The van der Waals surface area contributed by atoms with Crippen LogP contribution in [0.4, 0.5) is 0 Å². The van der Waals surface area contributed by atoms with Crippen molar-refractivity contribution in [2.24, 2.45) is 12.8 Å². The van der Waals surface area contributed by atoms with E-state index in [4.69, 9.17) is 10.5 Å². The van der Waals surface area contributed by atoms with Crippen LogP contribution in [0.25, 0.3) is 10.9 Å². The highest BCUT2D eigenvalue weighted by atomic mass is 16.5. The summed E-state index contributed by atoms with van der Waals surface area (Å²) in [6, 6.07) is 7.18. The van der Waals surface area contributed by atoms with Crippen molar-refractivity contribution in [3.8, 4) is 5.75 Å². The summed E-state index contributed by atoms with van der Waals surface area (Å²) in [5.74, 6) is -0.551. The molecule has 88 valence electrons. The van der Waals surface area contributed by atoms with E-state index < -0.39 is 11.5 Å². The number of benzene rings is 1. The summed E-state index contributed by atoms with van der Waals surface area (Å²) in [6.07, 6.45) is 0. The Labute approximate surface area is 97.4 Å². The number of nitrogens with two attached hydrogens (primary N) is 1. The second-order valence-corrected chi connectivity index (χ2v) is 3.65. The first-order valence-corrected chi connectivity index (χ1v) is 5.03. The lowest BCUT2D eigenvalue weighted by Gasteiger charge is -2.12. The first-order valence-electron chi connectivity index (χ1n) is 5.03. The highest BCUT2D eigenvalue weighted by Crippen LogP contribution is 2.26. The zero-order chi connectivity index (χ0) is 12.6. The second-order valence-electron chi connectivity index (χ2n) is 3.65. The first kappa shape index (κ1) is 11.2. The molecule has 1 aromatic carbocycles. The number of pyridine rings is 1. The van der Waals surface area contributed by atoms with Gasteiger partial charge < -0.3 is 15.0 Å². The Morgan fingerprint density at radius 1 is 1.35 bits per heavy atom. The minimum atomic E-state index is -0.784. The van der Waals surface area contributed by atoms with E-state index in [9.17, 15) is 9.59 Å². The fraction of sp³-hybridized carbons (Fsp3) is 0.167. The maximum atomic E-state index is 12.0. The Kier molecular flexibility index (Phi) is 2.59. The van der Waals surface area contributed by atoms with Gasteiger partial charge in [0.1, 0.15) is 11.3 Å². The Balaban J connectivity index is 3.06. The largest absolute Gasteiger partial charge is 0.495 e. The number of hydrogen-bond acceptors (Lipinski definition) is 3. The molecule has 17 heavy (non-hydrogen) atoms. The molecule has 0 fully saturated rings. The lowest BCUT2D eigenvalue weighted by Crippen LogP contribution is -2.29. The number of nitrogens with zero attached hydrogens (tertiary/aromatic N) is 1. The molecule has 0 atom stereocenters. The molecular formula is C12H12N2O3. The topological polar surface area (TPSA) is 74.3 Å². The molecule has 1 aromatic heterocycles. The normalized spacial score (nSPS) is 10.5. The number of aryl methyl sites for hydroxylation is 1. The SMILES string of the molecule is COc1c(C(N)=O)c(=O)n(C)c2ccccc12. The molecule has 1 heterocycles. The third-order valence-electron chi connectivity index (χ3n) is 2.71. The third kappa shape index (κ3) is 1.56. The Morgan fingerprint density at radius 3 is 2.59 bits per heavy atom. The van der Waals surface area contributed by atoms with Gasteiger partial charge in [0.15, 0.2) is 0 Å². The van der Waals surface area contributed by atoms with E-state index in [1.807, 2.05) is 6.07 Å². The maximum Gasteiger partial charge on any atom is 0.267 e. The number of carbonyl (C=O) groups is 1. The van der Waals surface area contributed by atoms with E-state index in [-0.39, 0.29) is 11.3 Å². The minimum Gasteiger partial charge on any atom is -0.495 e. The van der Waals surface area contributed by atoms with E-state index in [1.54, 1.807) is 25.2 Å². The molecule has 0 spiro atoms. The minimum absolute atomic E-state index is 0.117. The molecule has 2 aromatic rings. The smallest absolute Gasteiger partial charge is 0.267 e. The summed E-state index contributed by atoms with van der Waals surface area (Å²) in [7, 11) is 3.00. The average Bonchev–Trinajstić information content (AvgIpc) is 2.33. The number of hydrogen-bond donors (Lipinski definition) is 1. The summed E-state index contributed by atoms with van der Waals surface area (Å²) in [4.78, 5) is 23.3. The van der Waals surface area contributed by atoms with Crippen molar-refractivity contribution in [3.63, 3.8) is 0 Å². The molecule has 2 rings (SSSR count). The van der Waals surface area contributed by atoms with Crippen molar-refractivity contribution in [2.45, 2.75) is 0 Å². The van der Waals surface area contributed by atoms with E-state index in [0.717, 1.165) is 0 Å². The van der Waals surface area contributed by atoms with Gasteiger partial charge in [-0.25, -0.2) is 0 Å². The molecule has 0 aliphatic carbocycles. The zero-order valence-electron chi connectivity index (χ0n) is 9.56. The zero-order valence-corrected chi connectivity index (χ0v) is 9.56. The van der Waals surface area contributed by atoms with Gasteiger partial charge in [-0.1, -0.05) is 12.1 Å². The van der Waals surface area contributed by atoms with Crippen LogP contribution >= 0.6 is 0 Å². The monoisotopic (exact) mass is 232 g/mol. The van der Waals surface area contributed by atoms with Crippen LogP contribution in [0, 0.1) is 0 Å². The molecule has 0 aliphatic heterocycles. The number of rotatable bonds is 2. The van der Waals surface area contributed by atoms with Crippen LogP contribution in [0.1, 0.15) is 10.4 Å². The molecule has 0 bridgehead atoms. The summed E-state index contributed by atoms with van der Waals surface area (Å²) in [6.45, 7) is 0. The molecule has 1 amide bonds. The van der Waals surface area contributed by atoms with E-state index in [2.05, 4.69) is 0 Å². The predicted molar refractivity (Wildman–Crippen MR) is 64.3 cm³/mol. The number of methoxy groups -OCH3 is 1. The summed E-state index contributed by atoms with van der Waals surface area (Å²) >= 11 is 0. The summed E-state index contributed by atoms with van der Waals surface area (Å²) in [5.41, 5.74) is 5.34. The van der Waals surface area contributed by atoms with Gasteiger partial charge in [-0.15, -0.1) is 0 Å². The number of aromatic nitrogens is 1. The Hall–Kier alpha value is -2.30. The molecular weight excluding hydrogens is 220 g/mol. The number of amides is 1. The van der Waals surface area contributed by atoms with E-state index >= 15 is 0 Å². The predicted octanol–water partition coefficient (Wildman–Crippen LogP) is 0.646. The van der Waals surface area contributed by atoms with Crippen molar-refractivity contribution in [3.05, 3.63) is 40.2 Å². The fourth-order valence-corrected chi connectivity index (χ4v) is 1.90. The van der Waals surface area contributed by atoms with Gasteiger partial charge in [-0.2, -0.15) is 0 Å². The summed E-state index contributed by atoms with van der Waals surface area (Å²) < 4.78 is 6.53. The van der Waals surface area contributed by atoms with Gasteiger partial charge in [0.05, 0.1) is 12.6 Å². The first-order chi connectivity index (χ1) is 8.07. The van der Waals surface area contributed by atoms with Gasteiger partial charge in [0.25, 0.3) is 11.5 Å². The van der Waals surface area contributed by atoms with Crippen LogP contribution in [-0.2, 0) is 7.05 Å². The highest BCUT2D eigenvalue weighted by molar-refractivity contribution is 6.01. The van der Waals surface area contributed by atoms with Crippen LogP contribution < -0.4 is 16.0 Å². The standard InChI is InChI=1S/C12H12N2O3/c1-14-8-6-4-3-5-7(8)10(17-2)9(11(13)15)12(14)16/h3-6H,1-2H3,(H2,13,15). The molecule has 0 radical (unpaired) electrons. The van der Waals surface area contributed by atoms with E-state index in [1.165, 1.54) is 11.7 Å². The molecule has 5 heteroatoms. The van der Waals surface area contributed by atoms with Gasteiger partial charge in [0.2, 0.25) is 0 Å². The summed E-state index contributed by atoms with van der Waals surface area (Å²) in [5, 5.41) is 0.686. The van der Waals surface area contributed by atoms with E-state index in [0.29, 0.717) is 10.9 Å². The van der Waals surface area contributed by atoms with Crippen molar-refractivity contribution in [1.82, 2.24) is 4.57 Å². The third-order valence-corrected chi connectivity index (χ3v) is 2.71. The molecule has 2 N–H and O–H groups in total. The van der Waals surface area contributed by atoms with Gasteiger partial charge in [-0.3, -0.25) is 9.59 Å². The van der Waals surface area contributed by atoms with Gasteiger partial charge in [0, 0.05) is 12.4 Å². The number of ether oxygens (including phenoxy) is 1. The molecule has 5 nitrogen and oxygen atoms in total. The fourth-order valence-electron chi connectivity index (χ4n) is 1.90. The lowest BCUT2D eigenvalue weighted by atomic mass is 10.1. The number of fused-ring (bicyclic) bond motifs is 1. The van der Waals surface area contributed by atoms with Crippen molar-refractivity contribution >= 4 is 16.8 Å². The van der Waals surface area contributed by atoms with Crippen molar-refractivity contribution in [2.75, 3.05) is 7.11 Å². The van der Waals surface area contributed by atoms with Crippen LogP contribution in [0.3, 0.4) is 0 Å². The maximum absolute atomic E-state index is 12.0. The van der Waals surface area contributed by atoms with Crippen molar-refractivity contribution in [1.29, 1.82) is 0 Å². The lowest BCUT2D eigenvalue weighted by molar-refractivity contribution is 0.0995. The Morgan fingerprint density at radius 2 is 2.00 bits per heavy atom. The van der Waals surface area contributed by atoms with Crippen LogP contribution in [-0.4, -0.2) is 17.6 Å². The Bertz CT molecular complexity index is 659. The molecule has 0 saturated carbocycles. The molecule has 0 saturated heterocycles. The number of primary amides is 1. The van der Waals surface area contributed by atoms with Crippen LogP contribution in [0.15, 0.2) is 29.1 Å².